The van der Waals surface area contributed by atoms with Crippen molar-refractivity contribution in [2.75, 3.05) is 26.2 Å². The maximum atomic E-state index is 9.44. The van der Waals surface area contributed by atoms with Crippen LogP contribution in [0.25, 0.3) is 0 Å². The second kappa shape index (κ2) is 18.1. The van der Waals surface area contributed by atoms with Gasteiger partial charge in [0.2, 0.25) is 0 Å². The molecule has 1 aliphatic heterocycles. The summed E-state index contributed by atoms with van der Waals surface area (Å²) in [4.78, 5) is 18.1. The Hall–Kier alpha value is -0.541. The van der Waals surface area contributed by atoms with Gasteiger partial charge >= 0.3 is 20.8 Å². The third-order valence-electron chi connectivity index (χ3n) is 3.25. The normalized spacial score (nSPS) is 16.2. The second-order valence-electron chi connectivity index (χ2n) is 5.50. The Labute approximate surface area is 199 Å². The van der Waals surface area contributed by atoms with Crippen molar-refractivity contribution in [2.24, 2.45) is 20.0 Å². The first-order chi connectivity index (χ1) is 12.3. The Morgan fingerprint density at radius 3 is 0.967 bits per heavy atom. The molecule has 0 aromatic heterocycles. The Bertz CT molecular complexity index is 721. The minimum absolute atomic E-state index is 0. The van der Waals surface area contributed by atoms with E-state index < -0.39 is 20.8 Å². The molecule has 0 saturated heterocycles. The second-order valence-corrected chi connectivity index (χ2v) is 7.75. The Morgan fingerprint density at radius 2 is 0.833 bits per heavy atom. The summed E-state index contributed by atoms with van der Waals surface area (Å²) in [5, 5.41) is 0. The van der Waals surface area contributed by atoms with Crippen LogP contribution in [-0.2, 0) is 58.6 Å². The van der Waals surface area contributed by atoms with Gasteiger partial charge in [0.15, 0.2) is 0 Å². The number of rotatable bonds is 2. The molecule has 0 fully saturated rings. The van der Waals surface area contributed by atoms with Gasteiger partial charge in [0.25, 0.3) is 0 Å². The minimum atomic E-state index is -5.12. The Kier molecular flexibility index (Phi) is 22.2. The molecule has 0 aromatic rings. The van der Waals surface area contributed by atoms with E-state index >= 15 is 0 Å². The van der Waals surface area contributed by atoms with Crippen molar-refractivity contribution in [1.82, 2.24) is 0 Å². The molecular formula is C14H28Cu2N4O8S2. The van der Waals surface area contributed by atoms with Crippen molar-refractivity contribution in [3.63, 3.8) is 0 Å². The van der Waals surface area contributed by atoms with Crippen LogP contribution in [-0.4, -0.2) is 80.4 Å². The van der Waals surface area contributed by atoms with E-state index in [4.69, 9.17) is 9.11 Å². The molecule has 0 atom stereocenters. The van der Waals surface area contributed by atoms with Gasteiger partial charge in [-0.05, 0) is 40.5 Å². The summed E-state index contributed by atoms with van der Waals surface area (Å²) >= 11 is 0. The molecule has 16 heteroatoms. The summed E-state index contributed by atoms with van der Waals surface area (Å²) in [5.74, 6) is 0. The van der Waals surface area contributed by atoms with Crippen LogP contribution in [0.1, 0.15) is 40.5 Å². The van der Waals surface area contributed by atoms with E-state index in [-0.39, 0.29) is 39.6 Å². The van der Waals surface area contributed by atoms with Gasteiger partial charge < -0.3 is 5.48 Å². The molecule has 0 spiro atoms. The predicted octanol–water partition coefficient (Wildman–Crippen LogP) is 0.403. The van der Waals surface area contributed by atoms with E-state index in [0.29, 0.717) is 0 Å². The van der Waals surface area contributed by atoms with Crippen molar-refractivity contribution >= 4 is 43.6 Å². The number of hydrogen-bond donors (Lipinski definition) is 2. The average Bonchev–Trinajstić information content (AvgIpc) is 2.49. The van der Waals surface area contributed by atoms with Gasteiger partial charge in [-0.2, -0.15) is 16.8 Å². The van der Waals surface area contributed by atoms with Crippen LogP contribution in [0.2, 0.25) is 0 Å². The topological polar surface area (TPSA) is 199 Å². The standard InChI is InChI=1S/C14H24N4.2Cu.H2O7S2.H2O/c1-11-12(2)16-8-6-10-18-14(4)13(3)17-9-5-7-15-11;;;1-8(2,3)7-9(4,5)6;/h5-10H2,1-4H3;;;(H,1,2,3)(H,4,5,6);1H2. The quantitative estimate of drug-likeness (QED) is 0.353. The van der Waals surface area contributed by atoms with Gasteiger partial charge in [0.05, 0.1) is 22.8 Å². The summed E-state index contributed by atoms with van der Waals surface area (Å²) in [6.07, 6.45) is 1.96. The summed E-state index contributed by atoms with van der Waals surface area (Å²) < 4.78 is 55.6. The fourth-order valence-corrected chi connectivity index (χ4v) is 2.56. The monoisotopic (exact) mass is 570 g/mol. The van der Waals surface area contributed by atoms with Crippen LogP contribution in [0, 0.1) is 0 Å². The zero-order chi connectivity index (χ0) is 21.1. The molecule has 0 saturated carbocycles. The third-order valence-corrected chi connectivity index (χ3v) is 4.62. The number of aliphatic imine (C=N–C) groups is 4. The first-order valence-corrected chi connectivity index (χ1v) is 10.8. The molecule has 30 heavy (non-hydrogen) atoms. The van der Waals surface area contributed by atoms with Gasteiger partial charge in [-0.25, -0.2) is 0 Å². The van der Waals surface area contributed by atoms with E-state index in [1.54, 1.807) is 0 Å². The maximum Gasteiger partial charge on any atom is 0.413 e. The van der Waals surface area contributed by atoms with Crippen LogP contribution >= 0.6 is 0 Å². The minimum Gasteiger partial charge on any atom is -0.412 e. The molecule has 0 aromatic carbocycles. The van der Waals surface area contributed by atoms with E-state index in [0.717, 1.165) is 61.9 Å². The van der Waals surface area contributed by atoms with Gasteiger partial charge in [-0.1, -0.05) is 0 Å². The molecule has 2 radical (unpaired) electrons. The van der Waals surface area contributed by atoms with Gasteiger partial charge in [-0.15, -0.1) is 3.63 Å². The smallest absolute Gasteiger partial charge is 0.412 e. The van der Waals surface area contributed by atoms with Crippen LogP contribution in [0.4, 0.5) is 0 Å². The molecule has 0 unspecified atom stereocenters. The summed E-state index contributed by atoms with van der Waals surface area (Å²) in [6, 6.07) is 0. The molecular weight excluding hydrogens is 543 g/mol. The molecule has 0 aliphatic carbocycles. The van der Waals surface area contributed by atoms with Crippen molar-refractivity contribution in [3.8, 4) is 0 Å². The van der Waals surface area contributed by atoms with Crippen LogP contribution in [0.15, 0.2) is 20.0 Å². The average molecular weight is 572 g/mol. The Morgan fingerprint density at radius 1 is 0.633 bits per heavy atom. The molecule has 4 N–H and O–H groups in total. The van der Waals surface area contributed by atoms with Gasteiger partial charge in [0.1, 0.15) is 0 Å². The third kappa shape index (κ3) is 22.2. The number of nitrogens with zero attached hydrogens (tertiary/aromatic N) is 4. The predicted molar refractivity (Wildman–Crippen MR) is 109 cm³/mol. The molecule has 186 valence electrons. The van der Waals surface area contributed by atoms with Crippen molar-refractivity contribution in [2.45, 2.75) is 40.5 Å². The molecule has 1 rings (SSSR count). The summed E-state index contributed by atoms with van der Waals surface area (Å²) in [5.41, 5.74) is 4.19. The van der Waals surface area contributed by atoms with Crippen molar-refractivity contribution < 1.29 is 69.2 Å². The van der Waals surface area contributed by atoms with E-state index in [1.165, 1.54) is 0 Å². The van der Waals surface area contributed by atoms with E-state index in [9.17, 15) is 16.8 Å². The van der Waals surface area contributed by atoms with Crippen LogP contribution in [0.3, 0.4) is 0 Å². The molecule has 0 amide bonds. The van der Waals surface area contributed by atoms with Gasteiger partial charge in [-0.3, -0.25) is 29.1 Å². The fraction of sp³-hybridized carbons (Fsp3) is 0.714. The van der Waals surface area contributed by atoms with E-state index in [2.05, 4.69) is 23.6 Å². The Balaban J connectivity index is -0.000000245. The summed E-state index contributed by atoms with van der Waals surface area (Å²) in [6.45, 7) is 11.4. The first-order valence-electron chi connectivity index (χ1n) is 8.02. The van der Waals surface area contributed by atoms with Crippen molar-refractivity contribution in [3.05, 3.63) is 0 Å². The SMILES string of the molecule is CC1=NCCCN=C(C)C(C)=NCCCN=C1C.O.O=S(=O)(O)OS(=O)(=O)O.[Cu].[Cu]. The van der Waals surface area contributed by atoms with Crippen LogP contribution < -0.4 is 0 Å². The maximum absolute atomic E-state index is 9.44. The molecule has 1 aliphatic rings. The zero-order valence-electron chi connectivity index (χ0n) is 16.9. The summed E-state index contributed by atoms with van der Waals surface area (Å²) in [7, 11) is -10.2. The zero-order valence-corrected chi connectivity index (χ0v) is 20.4. The molecule has 12 nitrogen and oxygen atoms in total. The van der Waals surface area contributed by atoms with Crippen molar-refractivity contribution in [1.29, 1.82) is 0 Å². The van der Waals surface area contributed by atoms with Gasteiger partial charge in [0, 0.05) is 60.3 Å². The number of hydrogen-bond acceptors (Lipinski definition) is 9. The van der Waals surface area contributed by atoms with Crippen LogP contribution in [0.5, 0.6) is 0 Å². The first kappa shape index (κ1) is 36.8. The van der Waals surface area contributed by atoms with E-state index in [1.807, 2.05) is 27.7 Å². The largest absolute Gasteiger partial charge is 0.413 e. The fourth-order valence-electron chi connectivity index (χ4n) is 1.69. The molecule has 1 heterocycles. The molecule has 0 bridgehead atoms.